The van der Waals surface area contributed by atoms with Gasteiger partial charge in [0.2, 0.25) is 0 Å². The van der Waals surface area contributed by atoms with E-state index < -0.39 is 0 Å². The molecule has 0 radical (unpaired) electrons. The van der Waals surface area contributed by atoms with Gasteiger partial charge in [0.15, 0.2) is 6.29 Å². The summed E-state index contributed by atoms with van der Waals surface area (Å²) in [4.78, 5) is 38.1. The number of rotatable bonds is 5. The lowest BCUT2D eigenvalue weighted by Crippen LogP contribution is -2.44. The number of aromatic nitrogens is 2. The predicted octanol–water partition coefficient (Wildman–Crippen LogP) is 2.65. The first kappa shape index (κ1) is 15.2. The van der Waals surface area contributed by atoms with Crippen LogP contribution in [0.25, 0.3) is 10.2 Å². The summed E-state index contributed by atoms with van der Waals surface area (Å²) in [6.45, 7) is 6.39. The number of nitrogens with zero attached hydrogens (tertiary/aromatic N) is 2. The van der Waals surface area contributed by atoms with E-state index in [0.717, 1.165) is 32.0 Å². The van der Waals surface area contributed by atoms with Crippen molar-refractivity contribution in [1.82, 2.24) is 9.13 Å². The monoisotopic (exact) mass is 320 g/mol. The molecule has 2 aromatic heterocycles. The molecule has 0 unspecified atom stereocenters. The Hall–Kier alpha value is -1.69. The van der Waals surface area contributed by atoms with Gasteiger partial charge in [-0.2, -0.15) is 0 Å². The Morgan fingerprint density at radius 1 is 1.32 bits per heavy atom. The molecule has 3 rings (SSSR count). The topological polar surface area (TPSA) is 61.1 Å². The summed E-state index contributed by atoms with van der Waals surface area (Å²) in [6, 6.07) is 0. The first-order valence-electron chi connectivity index (χ1n) is 7.69. The van der Waals surface area contributed by atoms with Crippen molar-refractivity contribution in [2.75, 3.05) is 0 Å². The lowest BCUT2D eigenvalue weighted by molar-refractivity contribution is 0.112. The predicted molar refractivity (Wildman–Crippen MR) is 88.3 cm³/mol. The highest BCUT2D eigenvalue weighted by atomic mass is 32.1. The molecule has 0 amide bonds. The number of fused-ring (bicyclic) bond motifs is 1. The van der Waals surface area contributed by atoms with Crippen molar-refractivity contribution >= 4 is 27.8 Å². The molecular formula is C16H20N2O3S. The minimum atomic E-state index is -0.355. The number of hydrogen-bond acceptors (Lipinski definition) is 4. The number of unbranched alkanes of at least 4 members (excludes halogenated alkanes) is 1. The molecule has 0 aliphatic heterocycles. The second kappa shape index (κ2) is 5.19. The Morgan fingerprint density at radius 3 is 2.55 bits per heavy atom. The Kier molecular flexibility index (Phi) is 3.59. The van der Waals surface area contributed by atoms with E-state index in [4.69, 9.17) is 0 Å². The summed E-state index contributed by atoms with van der Waals surface area (Å²) >= 11 is 1.25. The molecule has 0 bridgehead atoms. The van der Waals surface area contributed by atoms with Crippen molar-refractivity contribution in [2.45, 2.75) is 58.5 Å². The largest absolute Gasteiger partial charge is 0.332 e. The van der Waals surface area contributed by atoms with Crippen LogP contribution in [0, 0.1) is 6.92 Å². The molecule has 0 N–H and O–H groups in total. The van der Waals surface area contributed by atoms with E-state index in [9.17, 15) is 14.4 Å². The fourth-order valence-corrected chi connectivity index (χ4v) is 4.00. The van der Waals surface area contributed by atoms with Gasteiger partial charge in [-0.3, -0.25) is 18.7 Å². The van der Waals surface area contributed by atoms with Crippen LogP contribution in [-0.4, -0.2) is 15.4 Å². The molecule has 0 atom stereocenters. The number of carbonyl (C=O) groups is 1. The molecule has 1 aliphatic rings. The highest BCUT2D eigenvalue weighted by Gasteiger charge is 2.42. The third kappa shape index (κ3) is 2.08. The van der Waals surface area contributed by atoms with E-state index in [1.807, 2.05) is 6.92 Å². The minimum Gasteiger partial charge on any atom is -0.297 e. The quantitative estimate of drug-likeness (QED) is 0.796. The molecule has 1 saturated carbocycles. The summed E-state index contributed by atoms with van der Waals surface area (Å²) in [5.74, 6) is 0. The normalized spacial score (nSPS) is 16.1. The summed E-state index contributed by atoms with van der Waals surface area (Å²) in [6.07, 6.45) is 4.32. The Labute approximate surface area is 132 Å². The number of aryl methyl sites for hydroxylation is 2. The molecule has 22 heavy (non-hydrogen) atoms. The number of hydrogen-bond donors (Lipinski definition) is 0. The van der Waals surface area contributed by atoms with E-state index in [0.29, 0.717) is 27.2 Å². The van der Waals surface area contributed by atoms with Gasteiger partial charge >= 0.3 is 5.69 Å². The molecule has 5 nitrogen and oxygen atoms in total. The van der Waals surface area contributed by atoms with Crippen molar-refractivity contribution in [3.05, 3.63) is 31.3 Å². The second-order valence-electron chi connectivity index (χ2n) is 6.31. The third-order valence-electron chi connectivity index (χ3n) is 4.61. The summed E-state index contributed by atoms with van der Waals surface area (Å²) in [7, 11) is 0. The van der Waals surface area contributed by atoms with Crippen molar-refractivity contribution in [2.24, 2.45) is 0 Å². The molecular weight excluding hydrogens is 300 g/mol. The van der Waals surface area contributed by atoms with Gasteiger partial charge in [-0.15, -0.1) is 11.3 Å². The van der Waals surface area contributed by atoms with Gasteiger partial charge in [0.25, 0.3) is 5.56 Å². The number of aldehydes is 1. The highest BCUT2D eigenvalue weighted by molar-refractivity contribution is 7.20. The minimum absolute atomic E-state index is 0.232. The Balaban J connectivity index is 2.42. The third-order valence-corrected chi connectivity index (χ3v) is 5.85. The zero-order valence-electron chi connectivity index (χ0n) is 13.1. The van der Waals surface area contributed by atoms with Crippen molar-refractivity contribution < 1.29 is 4.79 Å². The second-order valence-corrected chi connectivity index (χ2v) is 7.35. The standard InChI is InChI=1S/C16H20N2O3S/c1-4-5-8-17-14-12(10(2)11(9-19)22-14)13(20)18(15(17)21)16(3)6-7-16/h9H,4-8H2,1-3H3. The van der Waals surface area contributed by atoms with E-state index >= 15 is 0 Å². The molecule has 6 heteroatoms. The Bertz CT molecular complexity index is 868. The fraction of sp³-hybridized carbons (Fsp3) is 0.562. The number of carbonyl (C=O) groups excluding carboxylic acids is 1. The first-order chi connectivity index (χ1) is 10.4. The van der Waals surface area contributed by atoms with Crippen LogP contribution in [0.4, 0.5) is 0 Å². The maximum absolute atomic E-state index is 12.9. The van der Waals surface area contributed by atoms with E-state index in [1.54, 1.807) is 11.5 Å². The number of thiophene rings is 1. The smallest absolute Gasteiger partial charge is 0.297 e. The fourth-order valence-electron chi connectivity index (χ4n) is 2.87. The maximum Gasteiger partial charge on any atom is 0.332 e. The van der Waals surface area contributed by atoms with Gasteiger partial charge in [0.05, 0.1) is 15.8 Å². The molecule has 1 aliphatic carbocycles. The molecule has 0 aromatic carbocycles. The zero-order valence-corrected chi connectivity index (χ0v) is 14.0. The summed E-state index contributed by atoms with van der Waals surface area (Å²) in [5, 5.41) is 0.538. The van der Waals surface area contributed by atoms with Crippen molar-refractivity contribution in [3.8, 4) is 0 Å². The van der Waals surface area contributed by atoms with Crippen LogP contribution in [0.5, 0.6) is 0 Å². The summed E-state index contributed by atoms with van der Waals surface area (Å²) in [5.41, 5.74) is -0.131. The molecule has 2 aromatic rings. The average Bonchev–Trinajstić information content (AvgIpc) is 3.12. The van der Waals surface area contributed by atoms with Gasteiger partial charge in [0.1, 0.15) is 4.83 Å². The first-order valence-corrected chi connectivity index (χ1v) is 8.51. The zero-order chi connectivity index (χ0) is 16.1. The summed E-state index contributed by atoms with van der Waals surface area (Å²) < 4.78 is 3.10. The van der Waals surface area contributed by atoms with Gasteiger partial charge in [0, 0.05) is 6.54 Å². The lowest BCUT2D eigenvalue weighted by atomic mass is 10.2. The van der Waals surface area contributed by atoms with Crippen LogP contribution in [-0.2, 0) is 12.1 Å². The van der Waals surface area contributed by atoms with Crippen LogP contribution in [0.1, 0.15) is 54.8 Å². The molecule has 2 heterocycles. The van der Waals surface area contributed by atoms with Crippen LogP contribution < -0.4 is 11.2 Å². The maximum atomic E-state index is 12.9. The average molecular weight is 320 g/mol. The van der Waals surface area contributed by atoms with E-state index in [1.165, 1.54) is 15.9 Å². The van der Waals surface area contributed by atoms with Crippen LogP contribution in [0.15, 0.2) is 9.59 Å². The highest BCUT2D eigenvalue weighted by Crippen LogP contribution is 2.41. The van der Waals surface area contributed by atoms with Crippen LogP contribution >= 0.6 is 11.3 Å². The van der Waals surface area contributed by atoms with E-state index in [-0.39, 0.29) is 16.8 Å². The van der Waals surface area contributed by atoms with E-state index in [2.05, 4.69) is 6.92 Å². The lowest BCUT2D eigenvalue weighted by Gasteiger charge is -2.16. The van der Waals surface area contributed by atoms with Gasteiger partial charge < -0.3 is 0 Å². The Morgan fingerprint density at radius 2 is 2.00 bits per heavy atom. The molecule has 0 saturated heterocycles. The van der Waals surface area contributed by atoms with Crippen molar-refractivity contribution in [1.29, 1.82) is 0 Å². The van der Waals surface area contributed by atoms with Crippen LogP contribution in [0.3, 0.4) is 0 Å². The SMILES string of the molecule is CCCCn1c(=O)n(C2(C)CC2)c(=O)c2c(C)c(C=O)sc21. The molecule has 118 valence electrons. The van der Waals surface area contributed by atoms with Gasteiger partial charge in [-0.25, -0.2) is 4.79 Å². The van der Waals surface area contributed by atoms with Crippen LogP contribution in [0.2, 0.25) is 0 Å². The van der Waals surface area contributed by atoms with Gasteiger partial charge in [-0.1, -0.05) is 13.3 Å². The molecule has 0 spiro atoms. The van der Waals surface area contributed by atoms with Crippen molar-refractivity contribution in [3.63, 3.8) is 0 Å². The molecule has 1 fully saturated rings. The van der Waals surface area contributed by atoms with Gasteiger partial charge in [-0.05, 0) is 38.7 Å².